The summed E-state index contributed by atoms with van der Waals surface area (Å²) in [6.07, 6.45) is 0.757. The van der Waals surface area contributed by atoms with Gasteiger partial charge in [-0.15, -0.1) is 0 Å². The maximum atomic E-state index is 12.9. The van der Waals surface area contributed by atoms with E-state index in [-0.39, 0.29) is 17.2 Å². The average Bonchev–Trinajstić information content (AvgIpc) is 2.70. The first-order valence-corrected chi connectivity index (χ1v) is 10.8. The Hall–Kier alpha value is -2.64. The summed E-state index contributed by atoms with van der Waals surface area (Å²) in [5.74, 6) is -0.319. The van der Waals surface area contributed by atoms with Crippen molar-refractivity contribution >= 4 is 51.6 Å². The fourth-order valence-electron chi connectivity index (χ4n) is 2.96. The number of rotatable bonds is 7. The number of halogens is 1. The number of hydrogen-bond donors (Lipinski definition) is 1. The molecular weight excluding hydrogens is 422 g/mol. The Morgan fingerprint density at radius 1 is 1.23 bits per heavy atom. The van der Waals surface area contributed by atoms with Crippen molar-refractivity contribution in [3.8, 4) is 0 Å². The van der Waals surface area contributed by atoms with Crippen molar-refractivity contribution < 1.29 is 9.59 Å². The lowest BCUT2D eigenvalue weighted by Crippen LogP contribution is -2.27. The van der Waals surface area contributed by atoms with Crippen LogP contribution in [0.15, 0.2) is 52.4 Å². The maximum Gasteiger partial charge on any atom is 0.262 e. The molecule has 3 rings (SSSR count). The molecule has 30 heavy (non-hydrogen) atoms. The molecule has 8 heteroatoms. The van der Waals surface area contributed by atoms with Gasteiger partial charge in [-0.05, 0) is 50.6 Å². The van der Waals surface area contributed by atoms with E-state index in [4.69, 9.17) is 11.6 Å². The van der Waals surface area contributed by atoms with Crippen LogP contribution < -0.4 is 10.9 Å². The van der Waals surface area contributed by atoms with Gasteiger partial charge in [0.25, 0.3) is 5.56 Å². The average molecular weight is 444 g/mol. The predicted octanol–water partition coefficient (Wildman–Crippen LogP) is 4.78. The standard InChI is InChI=1S/C22H22ClN3O3S/c1-4-10-26-21(29)18-9-8-16(23)12-19(18)25-22(26)30-14(3)20(28)24-17-7-5-6-15(11-17)13(2)27/h5-9,11-12,14H,4,10H2,1-3H3,(H,24,28)/t14-/m1/s1. The molecule has 0 saturated heterocycles. The lowest BCUT2D eigenvalue weighted by Gasteiger charge is -2.16. The molecule has 0 fully saturated rings. The largest absolute Gasteiger partial charge is 0.325 e. The van der Waals surface area contributed by atoms with Crippen LogP contribution in [0, 0.1) is 0 Å². The second kappa shape index (κ2) is 9.45. The number of amides is 1. The topological polar surface area (TPSA) is 81.1 Å². The molecule has 1 N–H and O–H groups in total. The van der Waals surface area contributed by atoms with Gasteiger partial charge in [0, 0.05) is 22.8 Å². The van der Waals surface area contributed by atoms with Crippen LogP contribution in [-0.4, -0.2) is 26.5 Å². The third-order valence-corrected chi connectivity index (χ3v) is 5.84. The van der Waals surface area contributed by atoms with Crippen LogP contribution in [0.4, 0.5) is 5.69 Å². The van der Waals surface area contributed by atoms with Gasteiger partial charge in [0.15, 0.2) is 10.9 Å². The van der Waals surface area contributed by atoms with Crippen LogP contribution in [0.5, 0.6) is 0 Å². The van der Waals surface area contributed by atoms with Gasteiger partial charge in [0.1, 0.15) is 0 Å². The minimum absolute atomic E-state index is 0.0730. The molecule has 0 saturated carbocycles. The molecule has 3 aromatic rings. The van der Waals surface area contributed by atoms with Gasteiger partial charge in [-0.25, -0.2) is 4.98 Å². The number of fused-ring (bicyclic) bond motifs is 1. The summed E-state index contributed by atoms with van der Waals surface area (Å²) in [5, 5.41) is 3.77. The summed E-state index contributed by atoms with van der Waals surface area (Å²) in [5.41, 5.74) is 1.43. The van der Waals surface area contributed by atoms with E-state index in [1.807, 2.05) is 6.92 Å². The number of carbonyl (C=O) groups is 2. The number of thioether (sulfide) groups is 1. The Balaban J connectivity index is 1.88. The summed E-state index contributed by atoms with van der Waals surface area (Å²) in [6, 6.07) is 11.8. The Kier molecular flexibility index (Phi) is 6.95. The number of ketones is 1. The molecule has 156 valence electrons. The third kappa shape index (κ3) is 4.91. The first-order valence-electron chi connectivity index (χ1n) is 9.58. The first-order chi connectivity index (χ1) is 14.3. The quantitative estimate of drug-likeness (QED) is 0.323. The Morgan fingerprint density at radius 3 is 2.70 bits per heavy atom. The minimum atomic E-state index is -0.516. The molecule has 0 aliphatic carbocycles. The van der Waals surface area contributed by atoms with Crippen LogP contribution in [-0.2, 0) is 11.3 Å². The first kappa shape index (κ1) is 22.1. The lowest BCUT2D eigenvalue weighted by atomic mass is 10.1. The molecule has 0 spiro atoms. The second-order valence-corrected chi connectivity index (χ2v) is 8.64. The van der Waals surface area contributed by atoms with E-state index >= 15 is 0 Å². The van der Waals surface area contributed by atoms with Crippen LogP contribution in [0.25, 0.3) is 10.9 Å². The van der Waals surface area contributed by atoms with Crippen molar-refractivity contribution in [1.82, 2.24) is 9.55 Å². The zero-order valence-corrected chi connectivity index (χ0v) is 18.5. The summed E-state index contributed by atoms with van der Waals surface area (Å²) in [6.45, 7) is 5.70. The molecule has 0 radical (unpaired) electrons. The van der Waals surface area contributed by atoms with Gasteiger partial charge in [0.2, 0.25) is 5.91 Å². The number of nitrogens with zero attached hydrogens (tertiary/aromatic N) is 2. The Labute approximate surface area is 183 Å². The third-order valence-electron chi connectivity index (χ3n) is 4.52. The van der Waals surface area contributed by atoms with Crippen LogP contribution >= 0.6 is 23.4 Å². The molecule has 1 heterocycles. The molecule has 0 bridgehead atoms. The van der Waals surface area contributed by atoms with Crippen molar-refractivity contribution in [1.29, 1.82) is 0 Å². The normalized spacial score (nSPS) is 12.0. The van der Waals surface area contributed by atoms with E-state index in [1.54, 1.807) is 54.0 Å². The maximum absolute atomic E-state index is 12.9. The smallest absolute Gasteiger partial charge is 0.262 e. The second-order valence-electron chi connectivity index (χ2n) is 6.90. The Bertz CT molecular complexity index is 1180. The van der Waals surface area contributed by atoms with Gasteiger partial charge in [-0.1, -0.05) is 42.4 Å². The van der Waals surface area contributed by atoms with Crippen molar-refractivity contribution in [2.45, 2.75) is 44.1 Å². The van der Waals surface area contributed by atoms with Gasteiger partial charge >= 0.3 is 0 Å². The van der Waals surface area contributed by atoms with E-state index < -0.39 is 5.25 Å². The van der Waals surface area contributed by atoms with E-state index in [9.17, 15) is 14.4 Å². The summed E-state index contributed by atoms with van der Waals surface area (Å²) >= 11 is 7.27. The van der Waals surface area contributed by atoms with Crippen molar-refractivity contribution in [2.75, 3.05) is 5.32 Å². The van der Waals surface area contributed by atoms with E-state index in [0.29, 0.717) is 38.9 Å². The van der Waals surface area contributed by atoms with Gasteiger partial charge < -0.3 is 5.32 Å². The monoisotopic (exact) mass is 443 g/mol. The zero-order chi connectivity index (χ0) is 21.8. The molecule has 0 aliphatic heterocycles. The lowest BCUT2D eigenvalue weighted by molar-refractivity contribution is -0.115. The summed E-state index contributed by atoms with van der Waals surface area (Å²) in [4.78, 5) is 41.8. The Morgan fingerprint density at radius 2 is 2.00 bits per heavy atom. The van der Waals surface area contributed by atoms with Crippen LogP contribution in [0.3, 0.4) is 0 Å². The molecule has 2 aromatic carbocycles. The number of Topliss-reactive ketones (excluding diaryl/α,β-unsaturated/α-hetero) is 1. The fourth-order valence-corrected chi connectivity index (χ4v) is 4.06. The number of carbonyl (C=O) groups excluding carboxylic acids is 2. The van der Waals surface area contributed by atoms with Gasteiger partial charge in [-0.3, -0.25) is 19.0 Å². The summed E-state index contributed by atoms with van der Waals surface area (Å²) in [7, 11) is 0. The number of anilines is 1. The van der Waals surface area contributed by atoms with Crippen LogP contribution in [0.2, 0.25) is 5.02 Å². The number of hydrogen-bond acceptors (Lipinski definition) is 5. The SMILES string of the molecule is CCCn1c(S[C@H](C)C(=O)Nc2cccc(C(C)=O)c2)nc2cc(Cl)ccc2c1=O. The molecule has 1 aromatic heterocycles. The van der Waals surface area contributed by atoms with E-state index in [0.717, 1.165) is 6.42 Å². The summed E-state index contributed by atoms with van der Waals surface area (Å²) < 4.78 is 1.60. The van der Waals surface area contributed by atoms with Crippen LogP contribution in [0.1, 0.15) is 37.6 Å². The highest BCUT2D eigenvalue weighted by atomic mass is 35.5. The molecule has 0 aliphatic rings. The highest BCUT2D eigenvalue weighted by Crippen LogP contribution is 2.25. The highest BCUT2D eigenvalue weighted by Gasteiger charge is 2.20. The fraction of sp³-hybridized carbons (Fsp3) is 0.273. The number of benzene rings is 2. The molecule has 1 atom stereocenters. The van der Waals surface area contributed by atoms with Crippen molar-refractivity contribution in [3.05, 3.63) is 63.4 Å². The highest BCUT2D eigenvalue weighted by molar-refractivity contribution is 8.00. The molecule has 0 unspecified atom stereocenters. The molecule has 1 amide bonds. The minimum Gasteiger partial charge on any atom is -0.325 e. The van der Waals surface area contributed by atoms with Crippen molar-refractivity contribution in [3.63, 3.8) is 0 Å². The zero-order valence-electron chi connectivity index (χ0n) is 16.9. The van der Waals surface area contributed by atoms with E-state index in [2.05, 4.69) is 10.3 Å². The predicted molar refractivity (Wildman–Crippen MR) is 122 cm³/mol. The number of aromatic nitrogens is 2. The van der Waals surface area contributed by atoms with Gasteiger partial charge in [0.05, 0.1) is 16.2 Å². The molecular formula is C22H22ClN3O3S. The molecule has 6 nitrogen and oxygen atoms in total. The van der Waals surface area contributed by atoms with E-state index in [1.165, 1.54) is 18.7 Å². The van der Waals surface area contributed by atoms with Crippen molar-refractivity contribution in [2.24, 2.45) is 0 Å². The number of nitrogens with one attached hydrogen (secondary N) is 1. The van der Waals surface area contributed by atoms with Gasteiger partial charge in [-0.2, -0.15) is 0 Å².